The number of hydrogen-bond acceptors (Lipinski definition) is 3. The first-order valence-electron chi connectivity index (χ1n) is 8.86. The number of halogens is 1. The van der Waals surface area contributed by atoms with E-state index in [1.54, 1.807) is 18.2 Å². The van der Waals surface area contributed by atoms with Gasteiger partial charge in [-0.15, -0.1) is 0 Å². The van der Waals surface area contributed by atoms with E-state index in [-0.39, 0.29) is 11.6 Å². The SMILES string of the molecule is O=C(CCC1CCCN(Cc2ccncc2)C1)Nc1ccccc1F. The van der Waals surface area contributed by atoms with Gasteiger partial charge in [-0.3, -0.25) is 14.7 Å². The molecular formula is C20H24FN3O. The third-order valence-electron chi connectivity index (χ3n) is 4.69. The predicted octanol–water partition coefficient (Wildman–Crippen LogP) is 3.85. The molecule has 0 spiro atoms. The fraction of sp³-hybridized carbons (Fsp3) is 0.400. The number of aromatic nitrogens is 1. The topological polar surface area (TPSA) is 45.2 Å². The number of anilines is 1. The summed E-state index contributed by atoms with van der Waals surface area (Å²) in [6.45, 7) is 3.04. The number of para-hydroxylation sites is 1. The Labute approximate surface area is 148 Å². The molecule has 0 saturated carbocycles. The molecule has 5 heteroatoms. The number of benzene rings is 1. The summed E-state index contributed by atoms with van der Waals surface area (Å²) in [5.74, 6) is 0.00959. The molecule has 2 aromatic rings. The Morgan fingerprint density at radius 1 is 1.24 bits per heavy atom. The first kappa shape index (κ1) is 17.5. The van der Waals surface area contributed by atoms with Crippen LogP contribution in [0.1, 0.15) is 31.2 Å². The van der Waals surface area contributed by atoms with Crippen molar-refractivity contribution in [1.82, 2.24) is 9.88 Å². The van der Waals surface area contributed by atoms with Gasteiger partial charge in [-0.25, -0.2) is 4.39 Å². The Balaban J connectivity index is 1.45. The molecule has 1 aliphatic rings. The van der Waals surface area contributed by atoms with Gasteiger partial charge in [0.15, 0.2) is 0 Å². The van der Waals surface area contributed by atoms with Gasteiger partial charge in [-0.1, -0.05) is 12.1 Å². The molecule has 1 atom stereocenters. The van der Waals surface area contributed by atoms with Crippen molar-refractivity contribution in [2.24, 2.45) is 5.92 Å². The quantitative estimate of drug-likeness (QED) is 0.868. The van der Waals surface area contributed by atoms with Crippen molar-refractivity contribution in [1.29, 1.82) is 0 Å². The zero-order valence-electron chi connectivity index (χ0n) is 14.3. The molecule has 1 amide bonds. The van der Waals surface area contributed by atoms with E-state index in [9.17, 15) is 9.18 Å². The van der Waals surface area contributed by atoms with E-state index >= 15 is 0 Å². The number of carbonyl (C=O) groups excluding carboxylic acids is 1. The second-order valence-corrected chi connectivity index (χ2v) is 6.67. The first-order valence-corrected chi connectivity index (χ1v) is 8.86. The molecule has 2 heterocycles. The van der Waals surface area contributed by atoms with Gasteiger partial charge >= 0.3 is 0 Å². The van der Waals surface area contributed by atoms with Crippen LogP contribution in [-0.4, -0.2) is 28.9 Å². The monoisotopic (exact) mass is 341 g/mol. The second kappa shape index (κ2) is 8.72. The minimum Gasteiger partial charge on any atom is -0.324 e. The van der Waals surface area contributed by atoms with Crippen LogP contribution in [0.4, 0.5) is 10.1 Å². The molecular weight excluding hydrogens is 317 g/mol. The summed E-state index contributed by atoms with van der Waals surface area (Å²) in [5, 5.41) is 2.67. The summed E-state index contributed by atoms with van der Waals surface area (Å²) in [6.07, 6.45) is 7.23. The molecule has 1 aromatic carbocycles. The molecule has 1 aliphatic heterocycles. The van der Waals surface area contributed by atoms with E-state index in [1.807, 2.05) is 24.5 Å². The van der Waals surface area contributed by atoms with Gasteiger partial charge in [-0.05, 0) is 61.6 Å². The lowest BCUT2D eigenvalue weighted by Crippen LogP contribution is -2.35. The minimum absolute atomic E-state index is 0.114. The van der Waals surface area contributed by atoms with Gasteiger partial charge in [0.2, 0.25) is 5.91 Å². The highest BCUT2D eigenvalue weighted by Crippen LogP contribution is 2.23. The van der Waals surface area contributed by atoms with Crippen molar-refractivity contribution in [3.63, 3.8) is 0 Å². The fourth-order valence-electron chi connectivity index (χ4n) is 3.39. The first-order chi connectivity index (χ1) is 12.2. The van der Waals surface area contributed by atoms with Crippen molar-refractivity contribution in [3.05, 3.63) is 60.2 Å². The normalized spacial score (nSPS) is 18.0. The van der Waals surface area contributed by atoms with E-state index in [0.29, 0.717) is 12.3 Å². The summed E-state index contributed by atoms with van der Waals surface area (Å²) >= 11 is 0. The molecule has 0 bridgehead atoms. The number of amides is 1. The van der Waals surface area contributed by atoms with Crippen molar-refractivity contribution >= 4 is 11.6 Å². The van der Waals surface area contributed by atoms with Gasteiger partial charge in [0.05, 0.1) is 5.69 Å². The summed E-state index contributed by atoms with van der Waals surface area (Å²) in [4.78, 5) is 18.6. The number of nitrogens with one attached hydrogen (secondary N) is 1. The van der Waals surface area contributed by atoms with Crippen LogP contribution < -0.4 is 5.32 Å². The third kappa shape index (κ3) is 5.36. The number of likely N-dealkylation sites (tertiary alicyclic amines) is 1. The van der Waals surface area contributed by atoms with Crippen LogP contribution in [0, 0.1) is 11.7 Å². The summed E-state index contributed by atoms with van der Waals surface area (Å²) in [7, 11) is 0. The van der Waals surface area contributed by atoms with Crippen LogP contribution in [0.5, 0.6) is 0 Å². The largest absolute Gasteiger partial charge is 0.324 e. The standard InChI is InChI=1S/C20H24FN3O/c21-18-5-1-2-6-19(18)23-20(25)8-7-16-4-3-13-24(14-16)15-17-9-11-22-12-10-17/h1-2,5-6,9-12,16H,3-4,7-8,13-15H2,(H,23,25). The maximum atomic E-state index is 13.6. The Morgan fingerprint density at radius 3 is 2.84 bits per heavy atom. The lowest BCUT2D eigenvalue weighted by Gasteiger charge is -2.32. The van der Waals surface area contributed by atoms with E-state index in [1.165, 1.54) is 11.6 Å². The smallest absolute Gasteiger partial charge is 0.224 e. The summed E-state index contributed by atoms with van der Waals surface area (Å²) in [6, 6.07) is 10.4. The van der Waals surface area contributed by atoms with E-state index in [0.717, 1.165) is 38.9 Å². The van der Waals surface area contributed by atoms with Gasteiger partial charge in [0, 0.05) is 31.9 Å². The zero-order valence-corrected chi connectivity index (χ0v) is 14.3. The molecule has 1 N–H and O–H groups in total. The average molecular weight is 341 g/mol. The Morgan fingerprint density at radius 2 is 2.04 bits per heavy atom. The number of hydrogen-bond donors (Lipinski definition) is 1. The zero-order chi connectivity index (χ0) is 17.5. The highest BCUT2D eigenvalue weighted by atomic mass is 19.1. The van der Waals surface area contributed by atoms with Crippen LogP contribution in [-0.2, 0) is 11.3 Å². The van der Waals surface area contributed by atoms with E-state index < -0.39 is 5.82 Å². The number of rotatable bonds is 6. The highest BCUT2D eigenvalue weighted by Gasteiger charge is 2.20. The molecule has 132 valence electrons. The summed E-state index contributed by atoms with van der Waals surface area (Å²) < 4.78 is 13.6. The van der Waals surface area contributed by atoms with Crippen molar-refractivity contribution < 1.29 is 9.18 Å². The lowest BCUT2D eigenvalue weighted by atomic mass is 9.93. The molecule has 1 saturated heterocycles. The van der Waals surface area contributed by atoms with Gasteiger partial charge in [-0.2, -0.15) is 0 Å². The van der Waals surface area contributed by atoms with Gasteiger partial charge < -0.3 is 5.32 Å². The molecule has 1 aromatic heterocycles. The van der Waals surface area contributed by atoms with Crippen LogP contribution in [0.15, 0.2) is 48.8 Å². The fourth-order valence-corrected chi connectivity index (χ4v) is 3.39. The van der Waals surface area contributed by atoms with Crippen LogP contribution in [0.3, 0.4) is 0 Å². The van der Waals surface area contributed by atoms with Gasteiger partial charge in [0.25, 0.3) is 0 Å². The van der Waals surface area contributed by atoms with Crippen molar-refractivity contribution in [3.8, 4) is 0 Å². The number of piperidine rings is 1. The van der Waals surface area contributed by atoms with Gasteiger partial charge in [0.1, 0.15) is 5.82 Å². The van der Waals surface area contributed by atoms with Crippen molar-refractivity contribution in [2.75, 3.05) is 18.4 Å². The Bertz CT molecular complexity index is 692. The summed E-state index contributed by atoms with van der Waals surface area (Å²) in [5.41, 5.74) is 1.53. The molecule has 1 fully saturated rings. The van der Waals surface area contributed by atoms with E-state index in [4.69, 9.17) is 0 Å². The predicted molar refractivity (Wildman–Crippen MR) is 96.5 cm³/mol. The number of carbonyl (C=O) groups is 1. The molecule has 25 heavy (non-hydrogen) atoms. The Kier molecular flexibility index (Phi) is 6.12. The maximum absolute atomic E-state index is 13.6. The van der Waals surface area contributed by atoms with E-state index in [2.05, 4.69) is 15.2 Å². The lowest BCUT2D eigenvalue weighted by molar-refractivity contribution is -0.116. The number of pyridine rings is 1. The van der Waals surface area contributed by atoms with Crippen LogP contribution >= 0.6 is 0 Å². The maximum Gasteiger partial charge on any atom is 0.224 e. The van der Waals surface area contributed by atoms with Crippen molar-refractivity contribution in [2.45, 2.75) is 32.2 Å². The Hall–Kier alpha value is -2.27. The molecule has 3 rings (SSSR count). The highest BCUT2D eigenvalue weighted by molar-refractivity contribution is 5.90. The van der Waals surface area contributed by atoms with Crippen LogP contribution in [0.2, 0.25) is 0 Å². The number of nitrogens with zero attached hydrogens (tertiary/aromatic N) is 2. The molecule has 4 nitrogen and oxygen atoms in total. The third-order valence-corrected chi connectivity index (χ3v) is 4.69. The molecule has 1 unspecified atom stereocenters. The molecule has 0 radical (unpaired) electrons. The average Bonchev–Trinajstić information content (AvgIpc) is 2.63. The second-order valence-electron chi connectivity index (χ2n) is 6.67. The van der Waals surface area contributed by atoms with Crippen LogP contribution in [0.25, 0.3) is 0 Å². The minimum atomic E-state index is -0.392. The molecule has 0 aliphatic carbocycles.